The molecule has 1 heterocycles. The zero-order valence-electron chi connectivity index (χ0n) is 10.5. The molecule has 7 nitrogen and oxygen atoms in total. The third-order valence-corrected chi connectivity index (χ3v) is 3.01. The summed E-state index contributed by atoms with van der Waals surface area (Å²) in [6.07, 6.45) is 1.37. The molecule has 0 aliphatic rings. The first kappa shape index (κ1) is 14.9. The molecule has 2 rings (SSSR count). The van der Waals surface area contributed by atoms with E-state index >= 15 is 0 Å². The first-order chi connectivity index (χ1) is 9.97. The fourth-order valence-corrected chi connectivity index (χ4v) is 2.11. The predicted molar refractivity (Wildman–Crippen MR) is 76.3 cm³/mol. The second-order valence-electron chi connectivity index (χ2n) is 4.01. The van der Waals surface area contributed by atoms with E-state index in [1.54, 1.807) is 18.2 Å². The van der Waals surface area contributed by atoms with E-state index in [1.807, 2.05) is 0 Å². The van der Waals surface area contributed by atoms with Crippen molar-refractivity contribution < 1.29 is 19.6 Å². The van der Waals surface area contributed by atoms with E-state index in [2.05, 4.69) is 20.9 Å². The van der Waals surface area contributed by atoms with Gasteiger partial charge in [-0.1, -0.05) is 22.0 Å². The standard InChI is InChI=1S/C13H9BrN2O5/c14-9-4-10(16(19)20)6-11(5-9)21-7-8-2-1-3-15-12(8)13(17)18/h1-6H,7H2,(H,17,18). The fraction of sp³-hybridized carbons (Fsp3) is 0.0769. The van der Waals surface area contributed by atoms with Crippen molar-refractivity contribution in [2.45, 2.75) is 6.61 Å². The number of aromatic nitrogens is 1. The minimum absolute atomic E-state index is 0.0525. The fourth-order valence-electron chi connectivity index (χ4n) is 1.65. The Kier molecular flexibility index (Phi) is 4.49. The molecule has 108 valence electrons. The van der Waals surface area contributed by atoms with Crippen LogP contribution in [0.25, 0.3) is 0 Å². The number of nitrogens with zero attached hydrogens (tertiary/aromatic N) is 2. The largest absolute Gasteiger partial charge is 0.489 e. The van der Waals surface area contributed by atoms with Crippen LogP contribution < -0.4 is 4.74 Å². The summed E-state index contributed by atoms with van der Waals surface area (Å²) in [6, 6.07) is 7.34. The van der Waals surface area contributed by atoms with Gasteiger partial charge in [-0.2, -0.15) is 0 Å². The van der Waals surface area contributed by atoms with Gasteiger partial charge in [0.05, 0.1) is 11.0 Å². The number of non-ortho nitro benzene ring substituents is 1. The number of benzene rings is 1. The highest BCUT2D eigenvalue weighted by Crippen LogP contribution is 2.26. The average Bonchev–Trinajstić information content (AvgIpc) is 2.44. The number of aromatic carboxylic acids is 1. The molecule has 0 aliphatic carbocycles. The first-order valence-electron chi connectivity index (χ1n) is 5.72. The number of rotatable bonds is 5. The van der Waals surface area contributed by atoms with Gasteiger partial charge >= 0.3 is 5.97 Å². The number of carboxylic acid groups (broad SMARTS) is 1. The number of halogens is 1. The lowest BCUT2D eigenvalue weighted by Gasteiger charge is -2.08. The quantitative estimate of drug-likeness (QED) is 0.655. The number of nitro groups is 1. The van der Waals surface area contributed by atoms with E-state index in [-0.39, 0.29) is 23.7 Å². The summed E-state index contributed by atoms with van der Waals surface area (Å²) in [5.41, 5.74) is 0.152. The zero-order chi connectivity index (χ0) is 15.4. The van der Waals surface area contributed by atoms with Gasteiger partial charge in [0.2, 0.25) is 0 Å². The van der Waals surface area contributed by atoms with Crippen molar-refractivity contribution in [2.75, 3.05) is 0 Å². The summed E-state index contributed by atoms with van der Waals surface area (Å²) in [5, 5.41) is 19.8. The van der Waals surface area contributed by atoms with Gasteiger partial charge in [-0.25, -0.2) is 9.78 Å². The van der Waals surface area contributed by atoms with Crippen LogP contribution in [0.3, 0.4) is 0 Å². The van der Waals surface area contributed by atoms with Crippen LogP contribution in [0.4, 0.5) is 5.69 Å². The normalized spacial score (nSPS) is 10.1. The molecular formula is C13H9BrN2O5. The molecule has 0 fully saturated rings. The summed E-state index contributed by atoms with van der Waals surface area (Å²) < 4.78 is 5.91. The second kappa shape index (κ2) is 6.31. The zero-order valence-corrected chi connectivity index (χ0v) is 12.1. The van der Waals surface area contributed by atoms with E-state index in [0.29, 0.717) is 10.0 Å². The number of hydrogen-bond acceptors (Lipinski definition) is 5. The summed E-state index contributed by atoms with van der Waals surface area (Å²) >= 11 is 3.15. The number of ether oxygens (including phenoxy) is 1. The Morgan fingerprint density at radius 2 is 2.19 bits per heavy atom. The highest BCUT2D eigenvalue weighted by atomic mass is 79.9. The summed E-state index contributed by atoms with van der Waals surface area (Å²) in [7, 11) is 0. The van der Waals surface area contributed by atoms with Crippen molar-refractivity contribution >= 4 is 27.6 Å². The van der Waals surface area contributed by atoms with E-state index in [9.17, 15) is 14.9 Å². The molecular weight excluding hydrogens is 344 g/mol. The predicted octanol–water partition coefficient (Wildman–Crippen LogP) is 3.03. The van der Waals surface area contributed by atoms with E-state index in [4.69, 9.17) is 9.84 Å². The van der Waals surface area contributed by atoms with Crippen molar-refractivity contribution in [1.82, 2.24) is 4.98 Å². The van der Waals surface area contributed by atoms with Crippen LogP contribution in [0, 0.1) is 10.1 Å². The lowest BCUT2D eigenvalue weighted by molar-refractivity contribution is -0.385. The highest BCUT2D eigenvalue weighted by molar-refractivity contribution is 9.10. The van der Waals surface area contributed by atoms with Gasteiger partial charge in [-0.15, -0.1) is 0 Å². The van der Waals surface area contributed by atoms with Gasteiger partial charge in [0.25, 0.3) is 5.69 Å². The van der Waals surface area contributed by atoms with Crippen LogP contribution in [0.5, 0.6) is 5.75 Å². The molecule has 8 heteroatoms. The Hall–Kier alpha value is -2.48. The number of pyridine rings is 1. The molecule has 2 aromatic rings. The molecule has 0 bridgehead atoms. The van der Waals surface area contributed by atoms with Crippen LogP contribution in [-0.4, -0.2) is 21.0 Å². The molecule has 0 atom stereocenters. The Morgan fingerprint density at radius 3 is 2.86 bits per heavy atom. The molecule has 1 N–H and O–H groups in total. The van der Waals surface area contributed by atoms with Crippen LogP contribution in [-0.2, 0) is 6.61 Å². The van der Waals surface area contributed by atoms with Gasteiger partial charge < -0.3 is 9.84 Å². The lowest BCUT2D eigenvalue weighted by atomic mass is 10.2. The summed E-state index contributed by atoms with van der Waals surface area (Å²) in [4.78, 5) is 25.0. The molecule has 0 saturated carbocycles. The molecule has 0 amide bonds. The average molecular weight is 353 g/mol. The Morgan fingerprint density at radius 1 is 1.43 bits per heavy atom. The monoisotopic (exact) mass is 352 g/mol. The minimum atomic E-state index is -1.16. The molecule has 21 heavy (non-hydrogen) atoms. The summed E-state index contributed by atoms with van der Waals surface area (Å²) in [5.74, 6) is -0.898. The third kappa shape index (κ3) is 3.76. The van der Waals surface area contributed by atoms with Crippen LogP contribution in [0.15, 0.2) is 41.0 Å². The van der Waals surface area contributed by atoms with E-state index in [1.165, 1.54) is 18.3 Å². The SMILES string of the molecule is O=C(O)c1ncccc1COc1cc(Br)cc([N+](=O)[O-])c1. The van der Waals surface area contributed by atoms with Gasteiger partial charge in [-0.3, -0.25) is 10.1 Å². The van der Waals surface area contributed by atoms with Crippen LogP contribution in [0.2, 0.25) is 0 Å². The minimum Gasteiger partial charge on any atom is -0.489 e. The van der Waals surface area contributed by atoms with Gasteiger partial charge in [-0.05, 0) is 12.1 Å². The maximum absolute atomic E-state index is 11.0. The van der Waals surface area contributed by atoms with Gasteiger partial charge in [0, 0.05) is 22.3 Å². The maximum Gasteiger partial charge on any atom is 0.354 e. The highest BCUT2D eigenvalue weighted by Gasteiger charge is 2.13. The number of carbonyl (C=O) groups is 1. The van der Waals surface area contributed by atoms with Crippen LogP contribution >= 0.6 is 15.9 Å². The Balaban J connectivity index is 2.21. The molecule has 1 aromatic heterocycles. The number of hydrogen-bond donors (Lipinski definition) is 1. The summed E-state index contributed by atoms with van der Waals surface area (Å²) in [6.45, 7) is -0.0525. The molecule has 0 spiro atoms. The molecule has 1 aromatic carbocycles. The topological polar surface area (TPSA) is 103 Å². The third-order valence-electron chi connectivity index (χ3n) is 2.56. The molecule has 0 aliphatic heterocycles. The second-order valence-corrected chi connectivity index (χ2v) is 4.92. The van der Waals surface area contributed by atoms with Crippen molar-refractivity contribution in [1.29, 1.82) is 0 Å². The van der Waals surface area contributed by atoms with Crippen molar-refractivity contribution in [3.05, 3.63) is 62.4 Å². The van der Waals surface area contributed by atoms with Crippen molar-refractivity contribution in [3.8, 4) is 5.75 Å². The van der Waals surface area contributed by atoms with E-state index in [0.717, 1.165) is 0 Å². The van der Waals surface area contributed by atoms with Gasteiger partial charge in [0.15, 0.2) is 5.69 Å². The molecule has 0 unspecified atom stereocenters. The van der Waals surface area contributed by atoms with E-state index < -0.39 is 10.9 Å². The molecule has 0 saturated heterocycles. The maximum atomic E-state index is 11.0. The number of carboxylic acids is 1. The molecule has 0 radical (unpaired) electrons. The van der Waals surface area contributed by atoms with Crippen molar-refractivity contribution in [2.24, 2.45) is 0 Å². The number of nitro benzene ring substituents is 1. The Bertz CT molecular complexity index is 705. The first-order valence-corrected chi connectivity index (χ1v) is 6.51. The van der Waals surface area contributed by atoms with Crippen molar-refractivity contribution in [3.63, 3.8) is 0 Å². The van der Waals surface area contributed by atoms with Crippen LogP contribution in [0.1, 0.15) is 16.1 Å². The Labute approximate surface area is 127 Å². The smallest absolute Gasteiger partial charge is 0.354 e. The van der Waals surface area contributed by atoms with Gasteiger partial charge in [0.1, 0.15) is 12.4 Å². The lowest BCUT2D eigenvalue weighted by Crippen LogP contribution is -2.08.